The quantitative estimate of drug-likeness (QED) is 0.632. The van der Waals surface area contributed by atoms with Gasteiger partial charge in [0.15, 0.2) is 0 Å². The van der Waals surface area contributed by atoms with Crippen LogP contribution in [0.15, 0.2) is 0 Å². The summed E-state index contributed by atoms with van der Waals surface area (Å²) in [5, 5.41) is 0. The van der Waals surface area contributed by atoms with E-state index in [2.05, 4.69) is 0 Å². The van der Waals surface area contributed by atoms with E-state index in [1.165, 1.54) is 12.8 Å². The van der Waals surface area contributed by atoms with E-state index in [1.807, 2.05) is 7.05 Å². The lowest BCUT2D eigenvalue weighted by atomic mass is 10.2. The third-order valence-corrected chi connectivity index (χ3v) is 2.05. The highest BCUT2D eigenvalue weighted by Crippen LogP contribution is 2.32. The van der Waals surface area contributed by atoms with Crippen LogP contribution in [-0.4, -0.2) is 30.9 Å². The molecular formula is C8H16N2O. The van der Waals surface area contributed by atoms with Gasteiger partial charge in [-0.1, -0.05) is 0 Å². The van der Waals surface area contributed by atoms with Crippen molar-refractivity contribution in [2.75, 3.05) is 20.1 Å². The summed E-state index contributed by atoms with van der Waals surface area (Å²) in [6.45, 7) is 1.25. The van der Waals surface area contributed by atoms with E-state index in [0.717, 1.165) is 6.42 Å². The average Bonchev–Trinajstić information content (AvgIpc) is 2.72. The first-order valence-electron chi connectivity index (χ1n) is 4.18. The van der Waals surface area contributed by atoms with Crippen LogP contribution in [-0.2, 0) is 4.79 Å². The van der Waals surface area contributed by atoms with Crippen molar-refractivity contribution in [2.24, 2.45) is 11.7 Å². The first kappa shape index (κ1) is 8.53. The number of hydrogen-bond donors (Lipinski definition) is 1. The van der Waals surface area contributed by atoms with Crippen molar-refractivity contribution in [3.63, 3.8) is 0 Å². The van der Waals surface area contributed by atoms with Crippen LogP contribution >= 0.6 is 0 Å². The van der Waals surface area contributed by atoms with Crippen LogP contribution in [0.4, 0.5) is 0 Å². The summed E-state index contributed by atoms with van der Waals surface area (Å²) in [4.78, 5) is 13.0. The fourth-order valence-corrected chi connectivity index (χ4v) is 1.04. The molecular weight excluding hydrogens is 140 g/mol. The normalized spacial score (nSPS) is 16.5. The molecule has 3 heteroatoms. The molecule has 1 aliphatic rings. The van der Waals surface area contributed by atoms with Crippen LogP contribution in [0.5, 0.6) is 0 Å². The van der Waals surface area contributed by atoms with Crippen LogP contribution in [0.2, 0.25) is 0 Å². The molecule has 0 atom stereocenters. The zero-order valence-corrected chi connectivity index (χ0v) is 7.05. The molecule has 0 unspecified atom stereocenters. The molecule has 0 aromatic heterocycles. The fourth-order valence-electron chi connectivity index (χ4n) is 1.04. The lowest BCUT2D eigenvalue weighted by Crippen LogP contribution is -2.31. The molecule has 0 saturated heterocycles. The van der Waals surface area contributed by atoms with Crippen LogP contribution in [0.1, 0.15) is 19.3 Å². The van der Waals surface area contributed by atoms with Crippen molar-refractivity contribution in [3.05, 3.63) is 0 Å². The van der Waals surface area contributed by atoms with Crippen molar-refractivity contribution in [3.8, 4) is 0 Å². The van der Waals surface area contributed by atoms with Gasteiger partial charge in [0, 0.05) is 26.6 Å². The summed E-state index contributed by atoms with van der Waals surface area (Å²) in [7, 11) is 1.82. The molecule has 0 heterocycles. The van der Waals surface area contributed by atoms with E-state index in [-0.39, 0.29) is 5.91 Å². The third kappa shape index (κ3) is 2.89. The Morgan fingerprint density at radius 2 is 2.27 bits per heavy atom. The summed E-state index contributed by atoms with van der Waals surface area (Å²) < 4.78 is 0. The molecule has 1 saturated carbocycles. The number of carbonyl (C=O) groups is 1. The van der Waals surface area contributed by atoms with Crippen molar-refractivity contribution >= 4 is 5.91 Å². The number of carbonyl (C=O) groups excluding carboxylic acids is 1. The van der Waals surface area contributed by atoms with E-state index >= 15 is 0 Å². The second kappa shape index (κ2) is 3.72. The minimum absolute atomic E-state index is 0.248. The minimum Gasteiger partial charge on any atom is -0.344 e. The Morgan fingerprint density at radius 3 is 2.73 bits per heavy atom. The fraction of sp³-hybridized carbons (Fsp3) is 0.875. The minimum atomic E-state index is 0.248. The number of nitrogens with zero attached hydrogens (tertiary/aromatic N) is 1. The molecule has 1 rings (SSSR count). The maximum absolute atomic E-state index is 11.3. The predicted molar refractivity (Wildman–Crippen MR) is 44.0 cm³/mol. The molecule has 11 heavy (non-hydrogen) atoms. The average molecular weight is 156 g/mol. The smallest absolute Gasteiger partial charge is 0.222 e. The SMILES string of the molecule is CN(CCN)C(=O)CC1CC1. The maximum atomic E-state index is 11.3. The van der Waals surface area contributed by atoms with Gasteiger partial charge < -0.3 is 10.6 Å². The summed E-state index contributed by atoms with van der Waals surface area (Å²) in [6.07, 6.45) is 3.21. The van der Waals surface area contributed by atoms with Gasteiger partial charge >= 0.3 is 0 Å². The van der Waals surface area contributed by atoms with Gasteiger partial charge in [0.25, 0.3) is 0 Å². The van der Waals surface area contributed by atoms with E-state index in [4.69, 9.17) is 5.73 Å². The standard InChI is InChI=1S/C8H16N2O/c1-10(5-4-9)8(11)6-7-2-3-7/h7H,2-6,9H2,1H3. The highest BCUT2D eigenvalue weighted by Gasteiger charge is 2.25. The van der Waals surface area contributed by atoms with Gasteiger partial charge in [-0.3, -0.25) is 4.79 Å². The number of rotatable bonds is 4. The molecule has 64 valence electrons. The van der Waals surface area contributed by atoms with Gasteiger partial charge in [-0.05, 0) is 18.8 Å². The summed E-state index contributed by atoms with van der Waals surface area (Å²) in [6, 6.07) is 0. The maximum Gasteiger partial charge on any atom is 0.222 e. The molecule has 2 N–H and O–H groups in total. The molecule has 1 aliphatic carbocycles. The Balaban J connectivity index is 2.15. The highest BCUT2D eigenvalue weighted by molar-refractivity contribution is 5.76. The Bertz CT molecular complexity index is 143. The molecule has 0 aromatic rings. The van der Waals surface area contributed by atoms with Crippen molar-refractivity contribution < 1.29 is 4.79 Å². The lowest BCUT2D eigenvalue weighted by Gasteiger charge is -2.15. The van der Waals surface area contributed by atoms with Gasteiger partial charge in [-0.25, -0.2) is 0 Å². The molecule has 3 nitrogen and oxygen atoms in total. The number of likely N-dealkylation sites (N-methyl/N-ethyl adjacent to an activating group) is 1. The lowest BCUT2D eigenvalue weighted by molar-refractivity contribution is -0.130. The number of amides is 1. The van der Waals surface area contributed by atoms with Gasteiger partial charge in [0.2, 0.25) is 5.91 Å². The molecule has 0 aromatic carbocycles. The predicted octanol–water partition coefficient (Wildman–Crippen LogP) is 0.204. The molecule has 0 aliphatic heterocycles. The Hall–Kier alpha value is -0.570. The second-order valence-electron chi connectivity index (χ2n) is 3.25. The van der Waals surface area contributed by atoms with E-state index in [0.29, 0.717) is 19.0 Å². The van der Waals surface area contributed by atoms with Crippen LogP contribution in [0.3, 0.4) is 0 Å². The summed E-state index contributed by atoms with van der Waals surface area (Å²) >= 11 is 0. The Kier molecular flexibility index (Phi) is 2.88. The van der Waals surface area contributed by atoms with Gasteiger partial charge in [0.1, 0.15) is 0 Å². The zero-order chi connectivity index (χ0) is 8.27. The van der Waals surface area contributed by atoms with E-state index < -0.39 is 0 Å². The molecule has 0 radical (unpaired) electrons. The first-order valence-corrected chi connectivity index (χ1v) is 4.18. The molecule has 1 amide bonds. The summed E-state index contributed by atoms with van der Waals surface area (Å²) in [5.74, 6) is 0.931. The largest absolute Gasteiger partial charge is 0.344 e. The van der Waals surface area contributed by atoms with Gasteiger partial charge in [-0.2, -0.15) is 0 Å². The monoisotopic (exact) mass is 156 g/mol. The number of hydrogen-bond acceptors (Lipinski definition) is 2. The topological polar surface area (TPSA) is 46.3 Å². The Labute approximate surface area is 67.5 Å². The second-order valence-corrected chi connectivity index (χ2v) is 3.25. The van der Waals surface area contributed by atoms with Crippen molar-refractivity contribution in [1.82, 2.24) is 4.90 Å². The number of nitrogens with two attached hydrogens (primary N) is 1. The third-order valence-electron chi connectivity index (χ3n) is 2.05. The summed E-state index contributed by atoms with van der Waals surface area (Å²) in [5.41, 5.74) is 5.32. The van der Waals surface area contributed by atoms with Crippen molar-refractivity contribution in [1.29, 1.82) is 0 Å². The Morgan fingerprint density at radius 1 is 1.64 bits per heavy atom. The van der Waals surface area contributed by atoms with E-state index in [1.54, 1.807) is 4.90 Å². The first-order chi connectivity index (χ1) is 5.24. The molecule has 0 bridgehead atoms. The highest BCUT2D eigenvalue weighted by atomic mass is 16.2. The zero-order valence-electron chi connectivity index (χ0n) is 7.05. The van der Waals surface area contributed by atoms with Crippen LogP contribution in [0, 0.1) is 5.92 Å². The van der Waals surface area contributed by atoms with Crippen molar-refractivity contribution in [2.45, 2.75) is 19.3 Å². The van der Waals surface area contributed by atoms with Crippen LogP contribution in [0.25, 0.3) is 0 Å². The molecule has 1 fully saturated rings. The van der Waals surface area contributed by atoms with E-state index in [9.17, 15) is 4.79 Å². The van der Waals surface area contributed by atoms with Gasteiger partial charge in [0.05, 0.1) is 0 Å². The van der Waals surface area contributed by atoms with Gasteiger partial charge in [-0.15, -0.1) is 0 Å². The molecule has 0 spiro atoms. The van der Waals surface area contributed by atoms with Crippen LogP contribution < -0.4 is 5.73 Å².